The van der Waals surface area contributed by atoms with Gasteiger partial charge in [0.2, 0.25) is 0 Å². The van der Waals surface area contributed by atoms with E-state index in [0.29, 0.717) is 0 Å². The van der Waals surface area contributed by atoms with E-state index in [1.54, 1.807) is 16.9 Å². The first-order valence-electron chi connectivity index (χ1n) is 3.53. The van der Waals surface area contributed by atoms with E-state index in [4.69, 9.17) is 4.74 Å². The molecule has 1 aliphatic rings. The molecule has 0 aliphatic carbocycles. The molecule has 0 saturated carbocycles. The maximum absolute atomic E-state index is 5.36. The SMILES string of the molecule is [AsH2]c1c(Br)cc2c(c1Br)COC2. The van der Waals surface area contributed by atoms with Crippen LogP contribution in [0.15, 0.2) is 15.0 Å². The predicted octanol–water partition coefficient (Wildman–Crippen LogP) is 1.50. The van der Waals surface area contributed by atoms with Crippen LogP contribution >= 0.6 is 31.9 Å². The molecule has 0 saturated heterocycles. The van der Waals surface area contributed by atoms with E-state index in [1.807, 2.05) is 0 Å². The Hall–Kier alpha value is 0.698. The van der Waals surface area contributed by atoms with Crippen molar-refractivity contribution < 1.29 is 4.74 Å². The standard InChI is InChI=1S/C8H7AsBr2O/c9-7-6(10)1-4-2-12-3-5(4)8(7)11/h1H,2-3,9H2. The van der Waals surface area contributed by atoms with Crippen LogP contribution in [0.1, 0.15) is 11.1 Å². The van der Waals surface area contributed by atoms with Crippen LogP contribution < -0.4 is 4.35 Å². The molecule has 1 nitrogen and oxygen atoms in total. The summed E-state index contributed by atoms with van der Waals surface area (Å²) >= 11 is 8.74. The van der Waals surface area contributed by atoms with Gasteiger partial charge < -0.3 is 0 Å². The third-order valence-electron chi connectivity index (χ3n) is 1.95. The molecule has 0 radical (unpaired) electrons. The molecule has 1 aromatic rings. The molecule has 4 heteroatoms. The van der Waals surface area contributed by atoms with Crippen molar-refractivity contribution in [3.8, 4) is 0 Å². The molecule has 0 aromatic heterocycles. The molecule has 1 atom stereocenters. The van der Waals surface area contributed by atoms with Crippen LogP contribution in [-0.2, 0) is 18.0 Å². The van der Waals surface area contributed by atoms with Gasteiger partial charge in [-0.15, -0.1) is 0 Å². The first-order chi connectivity index (χ1) is 5.70. The van der Waals surface area contributed by atoms with Crippen LogP contribution in [0, 0.1) is 0 Å². The zero-order valence-corrected chi connectivity index (χ0v) is 11.8. The monoisotopic (exact) mass is 352 g/mol. The summed E-state index contributed by atoms with van der Waals surface area (Å²) in [5.74, 6) is 0. The van der Waals surface area contributed by atoms with Crippen LogP contribution in [0.4, 0.5) is 0 Å². The van der Waals surface area contributed by atoms with Crippen LogP contribution in [0.5, 0.6) is 0 Å². The Morgan fingerprint density at radius 1 is 1.33 bits per heavy atom. The van der Waals surface area contributed by atoms with Gasteiger partial charge in [0, 0.05) is 0 Å². The molecule has 2 rings (SSSR count). The summed E-state index contributed by atoms with van der Waals surface area (Å²) in [7, 11) is 0. The van der Waals surface area contributed by atoms with Crippen molar-refractivity contribution in [2.45, 2.75) is 13.2 Å². The van der Waals surface area contributed by atoms with Crippen molar-refractivity contribution in [1.29, 1.82) is 0 Å². The van der Waals surface area contributed by atoms with Gasteiger partial charge in [0.15, 0.2) is 0 Å². The van der Waals surface area contributed by atoms with Crippen LogP contribution in [0.3, 0.4) is 0 Å². The molecule has 12 heavy (non-hydrogen) atoms. The minimum absolute atomic E-state index is 0.750. The number of rotatable bonds is 0. The van der Waals surface area contributed by atoms with E-state index in [0.717, 1.165) is 13.2 Å². The first kappa shape index (κ1) is 9.26. The van der Waals surface area contributed by atoms with Crippen LogP contribution in [0.25, 0.3) is 0 Å². The zero-order valence-electron chi connectivity index (χ0n) is 6.23. The van der Waals surface area contributed by atoms with Gasteiger partial charge in [-0.2, -0.15) is 0 Å². The van der Waals surface area contributed by atoms with Crippen LogP contribution in [-0.4, -0.2) is 16.9 Å². The van der Waals surface area contributed by atoms with Crippen molar-refractivity contribution in [3.63, 3.8) is 0 Å². The van der Waals surface area contributed by atoms with E-state index < -0.39 is 0 Å². The second kappa shape index (κ2) is 3.45. The molecule has 0 fully saturated rings. The first-order valence-corrected chi connectivity index (χ1v) is 6.33. The molecule has 0 amide bonds. The summed E-state index contributed by atoms with van der Waals surface area (Å²) in [6, 6.07) is 2.16. The number of hydrogen-bond acceptors (Lipinski definition) is 1. The van der Waals surface area contributed by atoms with E-state index in [2.05, 4.69) is 37.9 Å². The average molecular weight is 354 g/mol. The van der Waals surface area contributed by atoms with Gasteiger partial charge in [-0.25, -0.2) is 0 Å². The Balaban J connectivity index is 2.67. The Morgan fingerprint density at radius 3 is 2.83 bits per heavy atom. The van der Waals surface area contributed by atoms with Crippen molar-refractivity contribution in [2.24, 2.45) is 0 Å². The molecular formula is C8H7AsBr2O. The molecule has 0 spiro atoms. The van der Waals surface area contributed by atoms with Gasteiger partial charge in [0.25, 0.3) is 0 Å². The summed E-state index contributed by atoms with van der Waals surface area (Å²) in [4.78, 5) is 0. The Labute approximate surface area is 96.6 Å². The van der Waals surface area contributed by atoms with E-state index >= 15 is 0 Å². The second-order valence-corrected chi connectivity index (χ2v) is 5.58. The molecule has 0 N–H and O–H groups in total. The number of benzene rings is 1. The molecule has 64 valence electrons. The Bertz CT molecular complexity index is 338. The molecular weight excluding hydrogens is 347 g/mol. The fraction of sp³-hybridized carbons (Fsp3) is 0.250. The molecule has 1 unspecified atom stereocenters. The Kier molecular flexibility index (Phi) is 2.66. The Morgan fingerprint density at radius 2 is 2.08 bits per heavy atom. The third kappa shape index (κ3) is 1.41. The number of fused-ring (bicyclic) bond motifs is 1. The van der Waals surface area contributed by atoms with E-state index in [9.17, 15) is 0 Å². The normalized spacial score (nSPS) is 14.9. The quantitative estimate of drug-likeness (QED) is 0.642. The van der Waals surface area contributed by atoms with Gasteiger partial charge in [-0.1, -0.05) is 0 Å². The fourth-order valence-electron chi connectivity index (χ4n) is 1.27. The maximum atomic E-state index is 5.36. The predicted molar refractivity (Wildman–Crippen MR) is 58.5 cm³/mol. The molecule has 1 aliphatic heterocycles. The topological polar surface area (TPSA) is 9.23 Å². The van der Waals surface area contributed by atoms with Gasteiger partial charge in [-0.05, 0) is 0 Å². The zero-order chi connectivity index (χ0) is 8.72. The molecule has 0 bridgehead atoms. The summed E-state index contributed by atoms with van der Waals surface area (Å²) in [6.07, 6.45) is 0. The summed E-state index contributed by atoms with van der Waals surface area (Å²) in [5.41, 5.74) is 2.62. The van der Waals surface area contributed by atoms with E-state index in [-0.39, 0.29) is 0 Å². The van der Waals surface area contributed by atoms with Gasteiger partial charge >= 0.3 is 97.2 Å². The van der Waals surface area contributed by atoms with Gasteiger partial charge in [0.1, 0.15) is 0 Å². The molecule has 1 aromatic carbocycles. The number of ether oxygens (including phenoxy) is 1. The minimum atomic E-state index is 0.750. The summed E-state index contributed by atoms with van der Waals surface area (Å²) in [5, 5.41) is 0. The van der Waals surface area contributed by atoms with Crippen molar-refractivity contribution in [2.75, 3.05) is 0 Å². The fourth-order valence-corrected chi connectivity index (χ4v) is 3.14. The second-order valence-electron chi connectivity index (χ2n) is 2.72. The molecule has 1 heterocycles. The summed E-state index contributed by atoms with van der Waals surface area (Å²) < 4.78 is 9.07. The number of halogens is 2. The van der Waals surface area contributed by atoms with Crippen molar-refractivity contribution in [3.05, 3.63) is 26.1 Å². The van der Waals surface area contributed by atoms with Crippen molar-refractivity contribution in [1.82, 2.24) is 0 Å². The van der Waals surface area contributed by atoms with Crippen molar-refractivity contribution >= 4 is 53.1 Å². The number of hydrogen-bond donors (Lipinski definition) is 0. The van der Waals surface area contributed by atoms with Gasteiger partial charge in [0.05, 0.1) is 0 Å². The average Bonchev–Trinajstić information content (AvgIpc) is 2.48. The van der Waals surface area contributed by atoms with E-state index in [1.165, 1.54) is 24.4 Å². The van der Waals surface area contributed by atoms with Gasteiger partial charge in [-0.3, -0.25) is 0 Å². The van der Waals surface area contributed by atoms with Crippen LogP contribution in [0.2, 0.25) is 0 Å². The third-order valence-corrected chi connectivity index (χ3v) is 6.54. The summed E-state index contributed by atoms with van der Waals surface area (Å²) in [6.45, 7) is 1.50.